The number of ether oxygens (including phenoxy) is 1. The first-order valence-electron chi connectivity index (χ1n) is 10.1. The van der Waals surface area contributed by atoms with Gasteiger partial charge < -0.3 is 15.0 Å². The third-order valence-electron chi connectivity index (χ3n) is 5.50. The minimum atomic E-state index is -1.20. The number of hydrogen-bond donors (Lipinski definition) is 1. The van der Waals surface area contributed by atoms with Crippen LogP contribution in [0.25, 0.3) is 0 Å². The molecular weight excluding hydrogens is 463 g/mol. The molecule has 0 aliphatic carbocycles. The van der Waals surface area contributed by atoms with Gasteiger partial charge in [-0.15, -0.1) is 0 Å². The number of nitrogens with zero attached hydrogens (tertiary/aromatic N) is 1. The van der Waals surface area contributed by atoms with Gasteiger partial charge in [-0.05, 0) is 54.4 Å². The van der Waals surface area contributed by atoms with Crippen LogP contribution in [0.2, 0.25) is 10.0 Å². The third kappa shape index (κ3) is 4.45. The van der Waals surface area contributed by atoms with Crippen LogP contribution in [-0.4, -0.2) is 29.8 Å². The van der Waals surface area contributed by atoms with Crippen LogP contribution in [0.5, 0.6) is 0 Å². The summed E-state index contributed by atoms with van der Waals surface area (Å²) in [5.41, 5.74) is 2.45. The fourth-order valence-electron chi connectivity index (χ4n) is 3.92. The van der Waals surface area contributed by atoms with Gasteiger partial charge in [0.2, 0.25) is 0 Å². The Balaban J connectivity index is 1.97. The van der Waals surface area contributed by atoms with Crippen molar-refractivity contribution in [1.82, 2.24) is 4.90 Å². The van der Waals surface area contributed by atoms with E-state index in [1.165, 1.54) is 12.0 Å². The van der Waals surface area contributed by atoms with Gasteiger partial charge in [0.15, 0.2) is 6.04 Å². The summed E-state index contributed by atoms with van der Waals surface area (Å²) in [5.74, 6) is -1.64. The fourth-order valence-corrected chi connectivity index (χ4v) is 4.17. The van der Waals surface area contributed by atoms with Gasteiger partial charge in [0.05, 0.1) is 18.4 Å². The van der Waals surface area contributed by atoms with E-state index in [1.807, 2.05) is 6.92 Å². The molecule has 6 nitrogen and oxygen atoms in total. The number of amides is 2. The van der Waals surface area contributed by atoms with Crippen molar-refractivity contribution in [3.05, 3.63) is 99.0 Å². The standard InChI is InChI=1S/C25H20Cl2N2O4/c1-14-3-12-20-19(13-14)24(31)29(21(23(30)28-20)15-4-8-17(26)9-5-15)22(25(32)33-2)16-6-10-18(27)11-7-16/h3-13,21-22H,1-2H3,(H,28,30). The molecule has 168 valence electrons. The normalized spacial score (nSPS) is 16.5. The first kappa shape index (κ1) is 22.8. The maximum Gasteiger partial charge on any atom is 0.333 e. The van der Waals surface area contributed by atoms with Crippen LogP contribution in [0.1, 0.15) is 39.1 Å². The van der Waals surface area contributed by atoms with Crippen molar-refractivity contribution in [3.63, 3.8) is 0 Å². The van der Waals surface area contributed by atoms with Gasteiger partial charge in [-0.1, -0.05) is 59.1 Å². The van der Waals surface area contributed by atoms with E-state index in [-0.39, 0.29) is 5.56 Å². The van der Waals surface area contributed by atoms with Crippen LogP contribution >= 0.6 is 23.2 Å². The van der Waals surface area contributed by atoms with Crippen LogP contribution < -0.4 is 5.32 Å². The highest BCUT2D eigenvalue weighted by Gasteiger charge is 2.44. The quantitative estimate of drug-likeness (QED) is 0.508. The number of benzene rings is 3. The molecule has 0 spiro atoms. The molecule has 33 heavy (non-hydrogen) atoms. The first-order valence-corrected chi connectivity index (χ1v) is 10.9. The summed E-state index contributed by atoms with van der Waals surface area (Å²) in [5, 5.41) is 3.79. The zero-order chi connectivity index (χ0) is 23.7. The summed E-state index contributed by atoms with van der Waals surface area (Å²) in [4.78, 5) is 41.8. The van der Waals surface area contributed by atoms with E-state index in [0.717, 1.165) is 5.56 Å². The second-order valence-electron chi connectivity index (χ2n) is 7.68. The molecule has 8 heteroatoms. The number of nitrogens with one attached hydrogen (secondary N) is 1. The lowest BCUT2D eigenvalue weighted by Gasteiger charge is -2.35. The second kappa shape index (κ2) is 9.25. The second-order valence-corrected chi connectivity index (χ2v) is 8.55. The summed E-state index contributed by atoms with van der Waals surface area (Å²) >= 11 is 12.1. The molecule has 3 aromatic carbocycles. The molecular formula is C25H20Cl2N2O4. The molecule has 0 fully saturated rings. The van der Waals surface area contributed by atoms with E-state index in [0.29, 0.717) is 26.9 Å². The van der Waals surface area contributed by atoms with Crippen molar-refractivity contribution < 1.29 is 19.1 Å². The van der Waals surface area contributed by atoms with Gasteiger partial charge in [0, 0.05) is 10.0 Å². The molecule has 1 aliphatic rings. The maximum absolute atomic E-state index is 14.0. The number of hydrogen-bond acceptors (Lipinski definition) is 4. The summed E-state index contributed by atoms with van der Waals surface area (Å²) in [6.45, 7) is 1.85. The zero-order valence-electron chi connectivity index (χ0n) is 17.8. The number of carbonyl (C=O) groups is 3. The van der Waals surface area contributed by atoms with Crippen LogP contribution in [0.4, 0.5) is 5.69 Å². The molecule has 0 saturated heterocycles. The molecule has 2 amide bonds. The predicted octanol–water partition coefficient (Wildman–Crippen LogP) is 5.35. The summed E-state index contributed by atoms with van der Waals surface area (Å²) in [6, 6.07) is 15.9. The van der Waals surface area contributed by atoms with Gasteiger partial charge >= 0.3 is 5.97 Å². The largest absolute Gasteiger partial charge is 0.467 e. The number of aryl methyl sites for hydroxylation is 1. The number of anilines is 1. The van der Waals surface area contributed by atoms with Gasteiger partial charge in [0.25, 0.3) is 11.8 Å². The van der Waals surface area contributed by atoms with Crippen molar-refractivity contribution in [1.29, 1.82) is 0 Å². The van der Waals surface area contributed by atoms with E-state index in [9.17, 15) is 14.4 Å². The number of esters is 1. The van der Waals surface area contributed by atoms with E-state index in [2.05, 4.69) is 5.32 Å². The Hall–Kier alpha value is -3.35. The Morgan fingerprint density at radius 1 is 0.970 bits per heavy atom. The minimum absolute atomic E-state index is 0.280. The number of carbonyl (C=O) groups excluding carboxylic acids is 3. The SMILES string of the molecule is COC(=O)C(c1ccc(Cl)cc1)N1C(=O)c2cc(C)ccc2NC(=O)C1c1ccc(Cl)cc1. The third-order valence-corrected chi connectivity index (χ3v) is 6.00. The molecule has 0 aromatic heterocycles. The van der Waals surface area contributed by atoms with E-state index >= 15 is 0 Å². The molecule has 4 rings (SSSR count). The number of methoxy groups -OCH3 is 1. The van der Waals surface area contributed by atoms with E-state index in [4.69, 9.17) is 27.9 Å². The monoisotopic (exact) mass is 482 g/mol. The smallest absolute Gasteiger partial charge is 0.333 e. The minimum Gasteiger partial charge on any atom is -0.467 e. The average molecular weight is 483 g/mol. The van der Waals surface area contributed by atoms with Gasteiger partial charge in [-0.2, -0.15) is 0 Å². The summed E-state index contributed by atoms with van der Waals surface area (Å²) in [6.07, 6.45) is 0. The highest BCUT2D eigenvalue weighted by atomic mass is 35.5. The first-order chi connectivity index (χ1) is 15.8. The topological polar surface area (TPSA) is 75.7 Å². The highest BCUT2D eigenvalue weighted by Crippen LogP contribution is 2.38. The molecule has 2 atom stereocenters. The lowest BCUT2D eigenvalue weighted by Crippen LogP contribution is -2.44. The fraction of sp³-hybridized carbons (Fsp3) is 0.160. The van der Waals surface area contributed by atoms with Crippen molar-refractivity contribution in [2.24, 2.45) is 0 Å². The van der Waals surface area contributed by atoms with Gasteiger partial charge in [-0.25, -0.2) is 4.79 Å². The van der Waals surface area contributed by atoms with Crippen LogP contribution in [-0.2, 0) is 14.3 Å². The molecule has 3 aromatic rings. The maximum atomic E-state index is 14.0. The highest BCUT2D eigenvalue weighted by molar-refractivity contribution is 6.30. The molecule has 1 aliphatic heterocycles. The van der Waals surface area contributed by atoms with Crippen molar-refractivity contribution in [2.45, 2.75) is 19.0 Å². The summed E-state index contributed by atoms with van der Waals surface area (Å²) in [7, 11) is 1.24. The molecule has 2 unspecified atom stereocenters. The van der Waals surface area contributed by atoms with Crippen molar-refractivity contribution in [3.8, 4) is 0 Å². The lowest BCUT2D eigenvalue weighted by molar-refractivity contribution is -0.147. The van der Waals surface area contributed by atoms with Crippen LogP contribution in [0, 0.1) is 6.92 Å². The zero-order valence-corrected chi connectivity index (χ0v) is 19.4. The summed E-state index contributed by atoms with van der Waals surface area (Å²) < 4.78 is 5.07. The Kier molecular flexibility index (Phi) is 6.40. The van der Waals surface area contributed by atoms with Crippen LogP contribution in [0.15, 0.2) is 66.7 Å². The number of fused-ring (bicyclic) bond motifs is 1. The Bertz CT molecular complexity index is 1180. The Morgan fingerprint density at radius 3 is 2.18 bits per heavy atom. The molecule has 0 saturated carbocycles. The predicted molar refractivity (Wildman–Crippen MR) is 126 cm³/mol. The molecule has 0 radical (unpaired) electrons. The van der Waals surface area contributed by atoms with E-state index < -0.39 is 29.9 Å². The van der Waals surface area contributed by atoms with Gasteiger partial charge in [-0.3, -0.25) is 9.59 Å². The Morgan fingerprint density at radius 2 is 1.58 bits per heavy atom. The number of rotatable bonds is 4. The molecule has 0 bridgehead atoms. The average Bonchev–Trinajstić information content (AvgIpc) is 2.90. The molecule has 1 N–H and O–H groups in total. The van der Waals surface area contributed by atoms with E-state index in [1.54, 1.807) is 66.7 Å². The Labute approximate surface area is 201 Å². The lowest BCUT2D eigenvalue weighted by atomic mass is 9.97. The van der Waals surface area contributed by atoms with Crippen LogP contribution in [0.3, 0.4) is 0 Å². The van der Waals surface area contributed by atoms with Crippen molar-refractivity contribution >= 4 is 46.7 Å². The number of halogens is 2. The molecule has 1 heterocycles. The van der Waals surface area contributed by atoms with Gasteiger partial charge in [0.1, 0.15) is 6.04 Å². The van der Waals surface area contributed by atoms with Crippen molar-refractivity contribution in [2.75, 3.05) is 12.4 Å².